The van der Waals surface area contributed by atoms with Crippen LogP contribution in [0.1, 0.15) is 30.0 Å². The summed E-state index contributed by atoms with van der Waals surface area (Å²) in [5, 5.41) is 14.8. The number of rotatable bonds is 6. The van der Waals surface area contributed by atoms with Gasteiger partial charge >= 0.3 is 0 Å². The molecule has 0 aliphatic carbocycles. The van der Waals surface area contributed by atoms with Crippen molar-refractivity contribution in [3.63, 3.8) is 0 Å². The molecule has 0 spiro atoms. The Kier molecular flexibility index (Phi) is 5.78. The van der Waals surface area contributed by atoms with Crippen LogP contribution in [0, 0.1) is 17.0 Å². The van der Waals surface area contributed by atoms with Crippen molar-refractivity contribution in [1.82, 2.24) is 5.43 Å². The summed E-state index contributed by atoms with van der Waals surface area (Å²) in [6, 6.07) is 13.9. The highest BCUT2D eigenvalue weighted by Crippen LogP contribution is 2.12. The minimum Gasteiger partial charge on any atom is -0.273 e. The molecule has 24 heavy (non-hydrogen) atoms. The Bertz CT molecular complexity index is 750. The minimum atomic E-state index is -0.469. The van der Waals surface area contributed by atoms with Crippen molar-refractivity contribution in [2.75, 3.05) is 0 Å². The molecule has 0 radical (unpaired) electrons. The van der Waals surface area contributed by atoms with Gasteiger partial charge in [-0.05, 0) is 24.5 Å². The molecule has 0 bridgehead atoms. The Morgan fingerprint density at radius 2 is 1.75 bits per heavy atom. The van der Waals surface area contributed by atoms with E-state index in [1.54, 1.807) is 12.1 Å². The Labute approximate surface area is 140 Å². The van der Waals surface area contributed by atoms with Crippen molar-refractivity contribution in [2.45, 2.75) is 26.7 Å². The van der Waals surface area contributed by atoms with Crippen LogP contribution >= 0.6 is 0 Å². The second-order valence-electron chi connectivity index (χ2n) is 5.41. The molecule has 1 N–H and O–H groups in total. The van der Waals surface area contributed by atoms with Gasteiger partial charge in [0.05, 0.1) is 17.1 Å². The van der Waals surface area contributed by atoms with Crippen molar-refractivity contribution < 1.29 is 9.72 Å². The Morgan fingerprint density at radius 3 is 2.29 bits per heavy atom. The predicted octanol–water partition coefficient (Wildman–Crippen LogP) is 3.38. The van der Waals surface area contributed by atoms with Crippen LogP contribution < -0.4 is 5.43 Å². The first-order chi connectivity index (χ1) is 11.5. The molecule has 0 saturated heterocycles. The van der Waals surface area contributed by atoms with E-state index >= 15 is 0 Å². The number of nitrogens with zero attached hydrogens (tertiary/aromatic N) is 2. The van der Waals surface area contributed by atoms with Crippen LogP contribution in [0.25, 0.3) is 0 Å². The summed E-state index contributed by atoms with van der Waals surface area (Å²) >= 11 is 0. The van der Waals surface area contributed by atoms with E-state index < -0.39 is 4.92 Å². The smallest absolute Gasteiger partial charge is 0.269 e. The van der Waals surface area contributed by atoms with Crippen molar-refractivity contribution in [1.29, 1.82) is 0 Å². The SMILES string of the molecule is CC/C(=N/NC(=O)Cc1ccc([N+](=O)[O-])cc1)c1ccc(C)cc1. The Hall–Kier alpha value is -3.02. The van der Waals surface area contributed by atoms with Gasteiger partial charge in [0.25, 0.3) is 5.69 Å². The number of amides is 1. The minimum absolute atomic E-state index is 0.00446. The number of benzene rings is 2. The molecule has 2 rings (SSSR count). The highest BCUT2D eigenvalue weighted by Gasteiger charge is 2.08. The largest absolute Gasteiger partial charge is 0.273 e. The summed E-state index contributed by atoms with van der Waals surface area (Å²) in [6.07, 6.45) is 0.813. The zero-order valence-corrected chi connectivity index (χ0v) is 13.7. The number of nitrogens with one attached hydrogen (secondary N) is 1. The maximum Gasteiger partial charge on any atom is 0.269 e. The van der Waals surface area contributed by atoms with E-state index in [1.165, 1.54) is 12.1 Å². The number of hydrogen-bond acceptors (Lipinski definition) is 4. The third kappa shape index (κ3) is 4.74. The predicted molar refractivity (Wildman–Crippen MR) is 93.0 cm³/mol. The van der Waals surface area contributed by atoms with Gasteiger partial charge in [-0.1, -0.05) is 48.9 Å². The van der Waals surface area contributed by atoms with Gasteiger partial charge in [-0.25, -0.2) is 5.43 Å². The van der Waals surface area contributed by atoms with Crippen LogP contribution in [0.5, 0.6) is 0 Å². The molecule has 0 aromatic heterocycles. The quantitative estimate of drug-likeness (QED) is 0.502. The standard InChI is InChI=1S/C18H19N3O3/c1-3-17(15-8-4-13(2)5-9-15)19-20-18(22)12-14-6-10-16(11-7-14)21(23)24/h4-11H,3,12H2,1-2H3,(H,20,22)/b19-17-. The maximum absolute atomic E-state index is 12.0. The molecule has 0 aliphatic rings. The average molecular weight is 325 g/mol. The molecule has 6 nitrogen and oxygen atoms in total. The molecule has 0 saturated carbocycles. The molecular formula is C18H19N3O3. The molecule has 2 aromatic rings. The van der Waals surface area contributed by atoms with E-state index in [1.807, 2.05) is 38.1 Å². The van der Waals surface area contributed by atoms with Gasteiger partial charge in [0.1, 0.15) is 0 Å². The van der Waals surface area contributed by atoms with Crippen molar-refractivity contribution >= 4 is 17.3 Å². The lowest BCUT2D eigenvalue weighted by atomic mass is 10.1. The Balaban J connectivity index is 2.00. The molecule has 2 aromatic carbocycles. The Morgan fingerprint density at radius 1 is 1.12 bits per heavy atom. The average Bonchev–Trinajstić information content (AvgIpc) is 2.57. The van der Waals surface area contributed by atoms with E-state index in [4.69, 9.17) is 0 Å². The lowest BCUT2D eigenvalue weighted by Gasteiger charge is -2.06. The third-order valence-corrected chi connectivity index (χ3v) is 3.55. The van der Waals surface area contributed by atoms with Gasteiger partial charge in [-0.3, -0.25) is 14.9 Å². The van der Waals surface area contributed by atoms with Gasteiger partial charge in [0.2, 0.25) is 5.91 Å². The third-order valence-electron chi connectivity index (χ3n) is 3.55. The van der Waals surface area contributed by atoms with Crippen LogP contribution in [0.3, 0.4) is 0 Å². The van der Waals surface area contributed by atoms with E-state index in [0.29, 0.717) is 12.0 Å². The number of non-ortho nitro benzene ring substituents is 1. The molecule has 0 atom stereocenters. The summed E-state index contributed by atoms with van der Waals surface area (Å²) in [7, 11) is 0. The van der Waals surface area contributed by atoms with Crippen LogP contribution in [0.4, 0.5) is 5.69 Å². The highest BCUT2D eigenvalue weighted by atomic mass is 16.6. The van der Waals surface area contributed by atoms with E-state index in [-0.39, 0.29) is 18.0 Å². The number of nitro groups is 1. The first-order valence-corrected chi connectivity index (χ1v) is 7.65. The number of aryl methyl sites for hydroxylation is 1. The van der Waals surface area contributed by atoms with Gasteiger partial charge < -0.3 is 0 Å². The molecule has 0 aliphatic heterocycles. The lowest BCUT2D eigenvalue weighted by Crippen LogP contribution is -2.21. The highest BCUT2D eigenvalue weighted by molar-refractivity contribution is 6.00. The maximum atomic E-state index is 12.0. The fourth-order valence-electron chi connectivity index (χ4n) is 2.18. The molecule has 124 valence electrons. The second kappa shape index (κ2) is 8.01. The fourth-order valence-corrected chi connectivity index (χ4v) is 2.18. The van der Waals surface area contributed by atoms with Crippen molar-refractivity contribution in [2.24, 2.45) is 5.10 Å². The van der Waals surface area contributed by atoms with Crippen LogP contribution in [0.15, 0.2) is 53.6 Å². The van der Waals surface area contributed by atoms with E-state index in [2.05, 4.69) is 10.5 Å². The molecule has 0 unspecified atom stereocenters. The number of nitro benzene ring substituents is 1. The summed E-state index contributed by atoms with van der Waals surface area (Å²) < 4.78 is 0. The van der Waals surface area contributed by atoms with Crippen molar-refractivity contribution in [3.8, 4) is 0 Å². The lowest BCUT2D eigenvalue weighted by molar-refractivity contribution is -0.384. The first kappa shape index (κ1) is 17.3. The molecular weight excluding hydrogens is 306 g/mol. The molecule has 1 amide bonds. The van der Waals surface area contributed by atoms with Crippen LogP contribution in [-0.4, -0.2) is 16.5 Å². The first-order valence-electron chi connectivity index (χ1n) is 7.65. The summed E-state index contributed by atoms with van der Waals surface area (Å²) in [5.74, 6) is -0.262. The summed E-state index contributed by atoms with van der Waals surface area (Å²) in [6.45, 7) is 3.99. The number of hydrogen-bond donors (Lipinski definition) is 1. The van der Waals surface area contributed by atoms with E-state index in [9.17, 15) is 14.9 Å². The molecule has 0 heterocycles. The van der Waals surface area contributed by atoms with Gasteiger partial charge in [0.15, 0.2) is 0 Å². The number of carbonyl (C=O) groups excluding carboxylic acids is 1. The monoisotopic (exact) mass is 325 g/mol. The topological polar surface area (TPSA) is 84.6 Å². The number of carbonyl (C=O) groups is 1. The number of hydrazone groups is 1. The summed E-state index contributed by atoms with van der Waals surface area (Å²) in [4.78, 5) is 22.1. The summed E-state index contributed by atoms with van der Waals surface area (Å²) in [5.41, 5.74) is 6.18. The van der Waals surface area contributed by atoms with E-state index in [0.717, 1.165) is 16.8 Å². The van der Waals surface area contributed by atoms with Crippen LogP contribution in [0.2, 0.25) is 0 Å². The van der Waals surface area contributed by atoms with Crippen molar-refractivity contribution in [3.05, 3.63) is 75.3 Å². The zero-order valence-electron chi connectivity index (χ0n) is 13.7. The fraction of sp³-hybridized carbons (Fsp3) is 0.222. The van der Waals surface area contributed by atoms with Crippen LogP contribution in [-0.2, 0) is 11.2 Å². The van der Waals surface area contributed by atoms with Gasteiger partial charge in [-0.2, -0.15) is 5.10 Å². The van der Waals surface area contributed by atoms with Gasteiger partial charge in [0, 0.05) is 12.1 Å². The normalized spacial score (nSPS) is 11.2. The molecule has 0 fully saturated rings. The van der Waals surface area contributed by atoms with Gasteiger partial charge in [-0.15, -0.1) is 0 Å². The molecule has 6 heteroatoms. The zero-order chi connectivity index (χ0) is 17.5. The second-order valence-corrected chi connectivity index (χ2v) is 5.41.